The van der Waals surface area contributed by atoms with Crippen molar-refractivity contribution in [2.24, 2.45) is 17.8 Å². The Bertz CT molecular complexity index is 1150. The fourth-order valence-corrected chi connectivity index (χ4v) is 6.48. The van der Waals surface area contributed by atoms with Crippen molar-refractivity contribution in [1.29, 1.82) is 0 Å². The summed E-state index contributed by atoms with van der Waals surface area (Å²) in [5, 5.41) is 15.4. The molecule has 2 fully saturated rings. The number of carbonyl (C=O) groups excluding carboxylic acids is 1. The third-order valence-electron chi connectivity index (χ3n) is 8.54. The van der Waals surface area contributed by atoms with Crippen LogP contribution < -0.4 is 5.32 Å². The average molecular weight is 487 g/mol. The van der Waals surface area contributed by atoms with Crippen LogP contribution in [0.2, 0.25) is 0 Å². The first-order chi connectivity index (χ1) is 17.7. The standard InChI is InChI=1S/C31H38N2O3/c1-22(27-15-7-12-23-11-5-6-14-28(23)27)32-19-25-17-18-33(20-30(25)24-9-3-2-4-10-24)31(34)29-16-8-13-26(29)21-36-35/h2-7,9-12,14-15,22,25-26,29-30,32,35H,8,13,16-21H2,1H3/t22-,25?,26?,29?,30?/m1/s1. The van der Waals surface area contributed by atoms with Gasteiger partial charge in [0.15, 0.2) is 0 Å². The molecule has 0 radical (unpaired) electrons. The third kappa shape index (κ3) is 5.34. The lowest BCUT2D eigenvalue weighted by Crippen LogP contribution is -2.48. The van der Waals surface area contributed by atoms with Gasteiger partial charge in [-0.1, -0.05) is 79.2 Å². The number of fused-ring (bicyclic) bond motifs is 1. The number of nitrogens with one attached hydrogen (secondary N) is 1. The van der Waals surface area contributed by atoms with Crippen LogP contribution in [0.25, 0.3) is 10.8 Å². The van der Waals surface area contributed by atoms with E-state index in [2.05, 4.69) is 94.8 Å². The number of benzene rings is 3. The zero-order valence-corrected chi connectivity index (χ0v) is 21.2. The SMILES string of the molecule is C[C@@H](NCC1CCN(C(=O)C2CCCC2COO)CC1c1ccccc1)c1cccc2ccccc12. The summed E-state index contributed by atoms with van der Waals surface area (Å²) in [6.07, 6.45) is 3.85. The fourth-order valence-electron chi connectivity index (χ4n) is 6.48. The van der Waals surface area contributed by atoms with Crippen molar-refractivity contribution >= 4 is 16.7 Å². The van der Waals surface area contributed by atoms with Crippen molar-refractivity contribution in [1.82, 2.24) is 10.2 Å². The summed E-state index contributed by atoms with van der Waals surface area (Å²) in [6, 6.07) is 26.0. The van der Waals surface area contributed by atoms with E-state index in [0.29, 0.717) is 11.8 Å². The number of likely N-dealkylation sites (tertiary alicyclic amines) is 1. The minimum absolute atomic E-state index is 0.0327. The molecule has 3 aromatic carbocycles. The first kappa shape index (κ1) is 24.9. The fraction of sp³-hybridized carbons (Fsp3) is 0.452. The van der Waals surface area contributed by atoms with Crippen molar-refractivity contribution in [3.8, 4) is 0 Å². The Hall–Kier alpha value is -2.73. The van der Waals surface area contributed by atoms with E-state index in [1.54, 1.807) is 0 Å². The molecule has 1 saturated heterocycles. The highest BCUT2D eigenvalue weighted by atomic mass is 17.1. The van der Waals surface area contributed by atoms with E-state index >= 15 is 0 Å². The first-order valence-electron chi connectivity index (χ1n) is 13.5. The van der Waals surface area contributed by atoms with Gasteiger partial charge in [0, 0.05) is 31.0 Å². The van der Waals surface area contributed by atoms with Gasteiger partial charge >= 0.3 is 0 Å². The van der Waals surface area contributed by atoms with E-state index < -0.39 is 0 Å². The predicted molar refractivity (Wildman–Crippen MR) is 144 cm³/mol. The molecule has 2 N–H and O–H groups in total. The van der Waals surface area contributed by atoms with Gasteiger partial charge in [-0.2, -0.15) is 0 Å². The molecule has 36 heavy (non-hydrogen) atoms. The number of hydrogen-bond acceptors (Lipinski definition) is 4. The monoisotopic (exact) mass is 486 g/mol. The summed E-state index contributed by atoms with van der Waals surface area (Å²) in [6.45, 7) is 4.96. The van der Waals surface area contributed by atoms with Crippen LogP contribution in [-0.4, -0.2) is 42.3 Å². The van der Waals surface area contributed by atoms with E-state index in [1.807, 2.05) is 0 Å². The topological polar surface area (TPSA) is 61.8 Å². The molecular formula is C31H38N2O3. The van der Waals surface area contributed by atoms with Crippen LogP contribution >= 0.6 is 0 Å². The molecule has 1 aliphatic carbocycles. The molecule has 1 aliphatic heterocycles. The molecule has 2 aliphatic rings. The van der Waals surface area contributed by atoms with Crippen molar-refractivity contribution < 1.29 is 14.9 Å². The summed E-state index contributed by atoms with van der Waals surface area (Å²) in [5.74, 6) is 1.08. The summed E-state index contributed by atoms with van der Waals surface area (Å²) >= 11 is 0. The van der Waals surface area contributed by atoms with Crippen molar-refractivity contribution in [2.45, 2.75) is 44.6 Å². The highest BCUT2D eigenvalue weighted by Gasteiger charge is 2.39. The van der Waals surface area contributed by atoms with Gasteiger partial charge in [0.1, 0.15) is 0 Å². The summed E-state index contributed by atoms with van der Waals surface area (Å²) in [7, 11) is 0. The Labute approximate surface area is 214 Å². The van der Waals surface area contributed by atoms with Crippen molar-refractivity contribution in [3.63, 3.8) is 0 Å². The first-order valence-corrected chi connectivity index (χ1v) is 13.5. The summed E-state index contributed by atoms with van der Waals surface area (Å²) in [4.78, 5) is 20.0. The Morgan fingerprint density at radius 2 is 1.78 bits per heavy atom. The van der Waals surface area contributed by atoms with Crippen LogP contribution in [0.4, 0.5) is 0 Å². The van der Waals surface area contributed by atoms with Crippen LogP contribution in [0.15, 0.2) is 72.8 Å². The van der Waals surface area contributed by atoms with Crippen molar-refractivity contribution in [2.75, 3.05) is 26.2 Å². The minimum Gasteiger partial charge on any atom is -0.342 e. The second-order valence-electron chi connectivity index (χ2n) is 10.6. The lowest BCUT2D eigenvalue weighted by molar-refractivity contribution is -0.252. The number of piperidine rings is 1. The molecule has 5 nitrogen and oxygen atoms in total. The number of nitrogens with zero attached hydrogens (tertiary/aromatic N) is 1. The third-order valence-corrected chi connectivity index (χ3v) is 8.54. The van der Waals surface area contributed by atoms with Crippen LogP contribution in [-0.2, 0) is 9.68 Å². The molecule has 1 heterocycles. The van der Waals surface area contributed by atoms with Crippen LogP contribution in [0, 0.1) is 17.8 Å². The van der Waals surface area contributed by atoms with Gasteiger partial charge in [0.25, 0.3) is 0 Å². The molecular weight excluding hydrogens is 448 g/mol. The molecule has 5 atom stereocenters. The van der Waals surface area contributed by atoms with Crippen molar-refractivity contribution in [3.05, 3.63) is 83.9 Å². The Morgan fingerprint density at radius 3 is 2.61 bits per heavy atom. The van der Waals surface area contributed by atoms with Crippen LogP contribution in [0.3, 0.4) is 0 Å². The van der Waals surface area contributed by atoms with E-state index in [9.17, 15) is 4.79 Å². The predicted octanol–water partition coefficient (Wildman–Crippen LogP) is 6.03. The highest BCUT2D eigenvalue weighted by Crippen LogP contribution is 2.37. The number of carbonyl (C=O) groups is 1. The lowest BCUT2D eigenvalue weighted by atomic mass is 9.79. The van der Waals surface area contributed by atoms with Gasteiger partial charge < -0.3 is 10.2 Å². The van der Waals surface area contributed by atoms with Gasteiger partial charge in [0.2, 0.25) is 5.91 Å². The largest absolute Gasteiger partial charge is 0.342 e. The number of amides is 1. The summed E-state index contributed by atoms with van der Waals surface area (Å²) < 4.78 is 0. The minimum atomic E-state index is -0.0327. The Morgan fingerprint density at radius 1 is 1.00 bits per heavy atom. The quantitative estimate of drug-likeness (QED) is 0.302. The molecule has 0 aromatic heterocycles. The maximum absolute atomic E-state index is 13.5. The van der Waals surface area contributed by atoms with E-state index in [-0.39, 0.29) is 30.4 Å². The lowest BCUT2D eigenvalue weighted by Gasteiger charge is -2.41. The second kappa shape index (κ2) is 11.5. The molecule has 3 aromatic rings. The number of rotatable bonds is 8. The van der Waals surface area contributed by atoms with E-state index in [1.165, 1.54) is 21.9 Å². The molecule has 4 unspecified atom stereocenters. The number of hydrogen-bond donors (Lipinski definition) is 2. The molecule has 190 valence electrons. The Kier molecular flexibility index (Phi) is 8.00. The average Bonchev–Trinajstić information content (AvgIpc) is 3.40. The zero-order chi connectivity index (χ0) is 24.9. The molecule has 5 heteroatoms. The van der Waals surface area contributed by atoms with Gasteiger partial charge in [0.05, 0.1) is 6.61 Å². The molecule has 5 rings (SSSR count). The van der Waals surface area contributed by atoms with Gasteiger partial charge in [-0.25, -0.2) is 4.89 Å². The zero-order valence-electron chi connectivity index (χ0n) is 21.2. The highest BCUT2D eigenvalue weighted by molar-refractivity contribution is 5.86. The normalized spacial score (nSPS) is 25.2. The molecule has 0 spiro atoms. The molecule has 1 saturated carbocycles. The van der Waals surface area contributed by atoms with Gasteiger partial charge in [-0.3, -0.25) is 10.1 Å². The van der Waals surface area contributed by atoms with E-state index in [0.717, 1.165) is 45.3 Å². The van der Waals surface area contributed by atoms with Gasteiger partial charge in [-0.15, -0.1) is 0 Å². The van der Waals surface area contributed by atoms with E-state index in [4.69, 9.17) is 5.26 Å². The smallest absolute Gasteiger partial charge is 0.226 e. The maximum Gasteiger partial charge on any atom is 0.226 e. The summed E-state index contributed by atoms with van der Waals surface area (Å²) in [5.41, 5.74) is 2.64. The molecule has 1 amide bonds. The Balaban J connectivity index is 1.30. The second-order valence-corrected chi connectivity index (χ2v) is 10.6. The van der Waals surface area contributed by atoms with Crippen LogP contribution in [0.1, 0.15) is 55.7 Å². The van der Waals surface area contributed by atoms with Gasteiger partial charge in [-0.05, 0) is 66.5 Å². The van der Waals surface area contributed by atoms with Crippen LogP contribution in [0.5, 0.6) is 0 Å². The molecule has 0 bridgehead atoms. The maximum atomic E-state index is 13.5.